The smallest absolute Gasteiger partial charge is 0.250 e. The van der Waals surface area contributed by atoms with Gasteiger partial charge in [0.25, 0.3) is 0 Å². The molecule has 0 fully saturated rings. The van der Waals surface area contributed by atoms with Gasteiger partial charge >= 0.3 is 0 Å². The topological polar surface area (TPSA) is 97.7 Å². The van der Waals surface area contributed by atoms with Crippen molar-refractivity contribution in [3.05, 3.63) is 29.8 Å². The van der Waals surface area contributed by atoms with E-state index in [-0.39, 0.29) is 16.1 Å². The first-order chi connectivity index (χ1) is 8.45. The molecule has 0 radical (unpaired) electrons. The maximum atomic E-state index is 11.4. The molecule has 0 aliphatic heterocycles. The molecule has 2 heterocycles. The zero-order valence-electron chi connectivity index (χ0n) is 9.20. The Balaban J connectivity index is 2.38. The average Bonchev–Trinajstić information content (AvgIpc) is 2.28. The highest BCUT2D eigenvalue weighted by atomic mass is 35.5. The van der Waals surface area contributed by atoms with Gasteiger partial charge in [-0.15, -0.1) is 0 Å². The number of hydrogen-bond donors (Lipinski definition) is 1. The third-order valence-corrected chi connectivity index (χ3v) is 2.86. The lowest BCUT2D eigenvalue weighted by molar-refractivity contribution is 0.593. The highest BCUT2D eigenvalue weighted by Gasteiger charge is 2.13. The van der Waals surface area contributed by atoms with Gasteiger partial charge in [-0.05, 0) is 0 Å². The summed E-state index contributed by atoms with van der Waals surface area (Å²) in [5.74, 6) is 0.655. The third-order valence-electron chi connectivity index (χ3n) is 1.83. The molecule has 0 spiro atoms. The molecule has 0 amide bonds. The van der Waals surface area contributed by atoms with Crippen LogP contribution in [-0.4, -0.2) is 34.6 Å². The standard InChI is InChI=1S/C9H8ClN5O2S/c1-18(16,17)9-13-6(10)4-7(15-9)14-8-5-11-2-3-12-8/h2-5H,1H3,(H,12,13,14,15). The minimum atomic E-state index is -3.52. The fraction of sp³-hybridized carbons (Fsp3) is 0.111. The molecule has 2 aromatic rings. The average molecular weight is 286 g/mol. The lowest BCUT2D eigenvalue weighted by atomic mass is 10.5. The van der Waals surface area contributed by atoms with Crippen LogP contribution in [0.4, 0.5) is 11.6 Å². The third kappa shape index (κ3) is 3.11. The Labute approximate surface area is 108 Å². The molecule has 1 N–H and O–H groups in total. The van der Waals surface area contributed by atoms with Crippen LogP contribution in [0.15, 0.2) is 29.8 Å². The largest absolute Gasteiger partial charge is 0.323 e. The van der Waals surface area contributed by atoms with E-state index in [0.29, 0.717) is 5.82 Å². The molecule has 94 valence electrons. The van der Waals surface area contributed by atoms with E-state index in [4.69, 9.17) is 11.6 Å². The fourth-order valence-electron chi connectivity index (χ4n) is 1.12. The second-order valence-electron chi connectivity index (χ2n) is 3.35. The zero-order valence-corrected chi connectivity index (χ0v) is 10.8. The first kappa shape index (κ1) is 12.7. The van der Waals surface area contributed by atoms with Crippen LogP contribution in [0, 0.1) is 0 Å². The Morgan fingerprint density at radius 2 is 2.00 bits per heavy atom. The Bertz CT molecular complexity index is 662. The number of nitrogens with zero attached hydrogens (tertiary/aromatic N) is 4. The van der Waals surface area contributed by atoms with Gasteiger partial charge in [-0.1, -0.05) is 11.6 Å². The van der Waals surface area contributed by atoms with Crippen molar-refractivity contribution in [1.29, 1.82) is 0 Å². The predicted octanol–water partition coefficient (Wildman–Crippen LogP) is 1.07. The van der Waals surface area contributed by atoms with Gasteiger partial charge in [0.05, 0.1) is 6.20 Å². The minimum absolute atomic E-state index is 0.0248. The highest BCUT2D eigenvalue weighted by molar-refractivity contribution is 7.90. The van der Waals surface area contributed by atoms with Gasteiger partial charge < -0.3 is 5.32 Å². The summed E-state index contributed by atoms with van der Waals surface area (Å²) in [6.07, 6.45) is 5.48. The van der Waals surface area contributed by atoms with Crippen LogP contribution < -0.4 is 5.32 Å². The van der Waals surface area contributed by atoms with E-state index in [2.05, 4.69) is 25.3 Å². The van der Waals surface area contributed by atoms with Crippen LogP contribution in [-0.2, 0) is 9.84 Å². The molecule has 0 bridgehead atoms. The number of sulfone groups is 1. The van der Waals surface area contributed by atoms with E-state index < -0.39 is 9.84 Å². The molecule has 0 saturated heterocycles. The van der Waals surface area contributed by atoms with Crippen LogP contribution >= 0.6 is 11.6 Å². The maximum absolute atomic E-state index is 11.4. The van der Waals surface area contributed by atoms with Gasteiger partial charge in [0.1, 0.15) is 16.8 Å². The van der Waals surface area contributed by atoms with E-state index >= 15 is 0 Å². The van der Waals surface area contributed by atoms with Crippen molar-refractivity contribution in [2.75, 3.05) is 11.6 Å². The van der Waals surface area contributed by atoms with Crippen LogP contribution in [0.5, 0.6) is 0 Å². The molecule has 9 heteroatoms. The molecule has 18 heavy (non-hydrogen) atoms. The first-order valence-corrected chi connectivity index (χ1v) is 7.00. The molecule has 0 unspecified atom stereocenters. The Hall–Kier alpha value is -1.80. The van der Waals surface area contributed by atoms with E-state index in [1.54, 1.807) is 0 Å². The molecule has 7 nitrogen and oxygen atoms in total. The summed E-state index contributed by atoms with van der Waals surface area (Å²) in [4.78, 5) is 15.3. The number of hydrogen-bond acceptors (Lipinski definition) is 7. The molecule has 0 atom stereocenters. The van der Waals surface area contributed by atoms with Gasteiger partial charge in [0.15, 0.2) is 0 Å². The minimum Gasteiger partial charge on any atom is -0.323 e. The summed E-state index contributed by atoms with van der Waals surface area (Å²) in [6, 6.07) is 1.39. The van der Waals surface area contributed by atoms with Crippen LogP contribution in [0.1, 0.15) is 0 Å². The summed E-state index contributed by atoms with van der Waals surface area (Å²) in [5, 5.41) is 2.46. The second-order valence-corrected chi connectivity index (χ2v) is 5.64. The van der Waals surface area contributed by atoms with Gasteiger partial charge in [-0.2, -0.15) is 0 Å². The Kier molecular flexibility index (Phi) is 3.39. The van der Waals surface area contributed by atoms with E-state index in [1.807, 2.05) is 0 Å². The molecular formula is C9H8ClN5O2S. The number of nitrogens with one attached hydrogen (secondary N) is 1. The molecule has 0 aliphatic rings. The molecule has 2 rings (SSSR count). The Morgan fingerprint density at radius 1 is 1.22 bits per heavy atom. The predicted molar refractivity (Wildman–Crippen MR) is 65.5 cm³/mol. The van der Waals surface area contributed by atoms with Crippen molar-refractivity contribution in [3.63, 3.8) is 0 Å². The van der Waals surface area contributed by atoms with Crippen molar-refractivity contribution in [1.82, 2.24) is 19.9 Å². The van der Waals surface area contributed by atoms with Crippen LogP contribution in [0.3, 0.4) is 0 Å². The second kappa shape index (κ2) is 4.83. The van der Waals surface area contributed by atoms with Crippen LogP contribution in [0.2, 0.25) is 5.15 Å². The Morgan fingerprint density at radius 3 is 2.61 bits per heavy atom. The summed E-state index contributed by atoms with van der Waals surface area (Å²) >= 11 is 5.73. The van der Waals surface area contributed by atoms with E-state index in [1.165, 1.54) is 24.7 Å². The quantitative estimate of drug-likeness (QED) is 0.665. The van der Waals surface area contributed by atoms with E-state index in [9.17, 15) is 8.42 Å². The summed E-state index contributed by atoms with van der Waals surface area (Å²) in [6.45, 7) is 0. The summed E-state index contributed by atoms with van der Waals surface area (Å²) in [7, 11) is -3.52. The maximum Gasteiger partial charge on any atom is 0.250 e. The normalized spacial score (nSPS) is 11.2. The highest BCUT2D eigenvalue weighted by Crippen LogP contribution is 2.17. The monoisotopic (exact) mass is 285 g/mol. The lowest BCUT2D eigenvalue weighted by Crippen LogP contribution is -2.06. The number of halogens is 1. The first-order valence-electron chi connectivity index (χ1n) is 4.73. The van der Waals surface area contributed by atoms with E-state index in [0.717, 1.165) is 6.26 Å². The molecule has 0 aliphatic carbocycles. The molecule has 0 aromatic carbocycles. The summed E-state index contributed by atoms with van der Waals surface area (Å²) < 4.78 is 22.7. The van der Waals surface area contributed by atoms with Crippen molar-refractivity contribution in [2.24, 2.45) is 0 Å². The van der Waals surface area contributed by atoms with Crippen molar-refractivity contribution in [3.8, 4) is 0 Å². The molecule has 2 aromatic heterocycles. The van der Waals surface area contributed by atoms with Gasteiger partial charge in [0.2, 0.25) is 15.0 Å². The van der Waals surface area contributed by atoms with Gasteiger partial charge in [0, 0.05) is 24.7 Å². The van der Waals surface area contributed by atoms with Crippen LogP contribution in [0.25, 0.3) is 0 Å². The number of anilines is 2. The molecular weight excluding hydrogens is 278 g/mol. The molecule has 0 saturated carbocycles. The number of aromatic nitrogens is 4. The lowest BCUT2D eigenvalue weighted by Gasteiger charge is -2.05. The van der Waals surface area contributed by atoms with Crippen molar-refractivity contribution in [2.45, 2.75) is 5.16 Å². The van der Waals surface area contributed by atoms with Crippen molar-refractivity contribution >= 4 is 33.1 Å². The van der Waals surface area contributed by atoms with Gasteiger partial charge in [-0.3, -0.25) is 4.98 Å². The number of rotatable bonds is 3. The fourth-order valence-corrected chi connectivity index (χ4v) is 1.88. The SMILES string of the molecule is CS(=O)(=O)c1nc(Cl)cc(Nc2cnccn2)n1. The summed E-state index contributed by atoms with van der Waals surface area (Å²) in [5.41, 5.74) is 0. The zero-order chi connectivity index (χ0) is 13.2. The van der Waals surface area contributed by atoms with Crippen molar-refractivity contribution < 1.29 is 8.42 Å². The van der Waals surface area contributed by atoms with Gasteiger partial charge in [-0.25, -0.2) is 23.4 Å².